The summed E-state index contributed by atoms with van der Waals surface area (Å²) in [4.78, 5) is 18.7. The summed E-state index contributed by atoms with van der Waals surface area (Å²) in [5.74, 6) is 0.718. The number of nitrogens with zero attached hydrogens (tertiary/aromatic N) is 2. The Balaban J connectivity index is 1.45. The number of carbonyl (C=O) groups is 1. The standard InChI is InChI=1S/C21H21ClN2O2S/c1-24(12-5-13-26-18-10-8-17(22)9-11-18)21(25)19-15-27-20(23-19)14-16-6-3-2-4-7-16/h2-4,6-11,15H,5,12-14H2,1H3. The highest BCUT2D eigenvalue weighted by Crippen LogP contribution is 2.17. The SMILES string of the molecule is CN(CCCOc1ccc(Cl)cc1)C(=O)c1csc(Cc2ccccc2)n1. The van der Waals surface area contributed by atoms with E-state index in [1.807, 2.05) is 35.7 Å². The van der Waals surface area contributed by atoms with Crippen LogP contribution in [0.15, 0.2) is 60.0 Å². The molecular formula is C21H21ClN2O2S. The van der Waals surface area contributed by atoms with E-state index in [2.05, 4.69) is 17.1 Å². The topological polar surface area (TPSA) is 42.4 Å². The quantitative estimate of drug-likeness (QED) is 0.503. The lowest BCUT2D eigenvalue weighted by molar-refractivity contribution is 0.0782. The molecule has 0 unspecified atom stereocenters. The number of carbonyl (C=O) groups excluding carboxylic acids is 1. The van der Waals surface area contributed by atoms with Gasteiger partial charge in [0.05, 0.1) is 11.6 Å². The fourth-order valence-corrected chi connectivity index (χ4v) is 3.51. The molecule has 0 saturated carbocycles. The number of benzene rings is 2. The second kappa shape index (κ2) is 9.53. The van der Waals surface area contributed by atoms with Crippen LogP contribution >= 0.6 is 22.9 Å². The minimum absolute atomic E-state index is 0.0583. The molecule has 0 fully saturated rings. The van der Waals surface area contributed by atoms with Crippen molar-refractivity contribution in [1.29, 1.82) is 0 Å². The lowest BCUT2D eigenvalue weighted by Crippen LogP contribution is -2.29. The first-order chi connectivity index (χ1) is 13.1. The molecule has 4 nitrogen and oxygen atoms in total. The number of rotatable bonds is 8. The zero-order chi connectivity index (χ0) is 19.1. The highest BCUT2D eigenvalue weighted by Gasteiger charge is 2.15. The first kappa shape index (κ1) is 19.4. The smallest absolute Gasteiger partial charge is 0.273 e. The molecule has 3 aromatic rings. The molecule has 0 aliphatic heterocycles. The molecule has 0 aliphatic carbocycles. The zero-order valence-electron chi connectivity index (χ0n) is 15.1. The molecule has 3 rings (SSSR count). The van der Waals surface area contributed by atoms with Crippen molar-refractivity contribution < 1.29 is 9.53 Å². The Hall–Kier alpha value is -2.37. The van der Waals surface area contributed by atoms with Gasteiger partial charge in [-0.25, -0.2) is 4.98 Å². The van der Waals surface area contributed by atoms with Crippen LogP contribution in [-0.4, -0.2) is 36.0 Å². The van der Waals surface area contributed by atoms with Crippen molar-refractivity contribution in [1.82, 2.24) is 9.88 Å². The summed E-state index contributed by atoms with van der Waals surface area (Å²) in [6.07, 6.45) is 1.49. The molecule has 0 N–H and O–H groups in total. The van der Waals surface area contributed by atoms with E-state index in [4.69, 9.17) is 16.3 Å². The second-order valence-corrected chi connectivity index (χ2v) is 7.55. The maximum atomic E-state index is 12.5. The van der Waals surface area contributed by atoms with Gasteiger partial charge < -0.3 is 9.64 Å². The van der Waals surface area contributed by atoms with Crippen LogP contribution in [0.25, 0.3) is 0 Å². The van der Waals surface area contributed by atoms with Crippen LogP contribution < -0.4 is 4.74 Å². The fraction of sp³-hybridized carbons (Fsp3) is 0.238. The fourth-order valence-electron chi connectivity index (χ4n) is 2.58. The van der Waals surface area contributed by atoms with Gasteiger partial charge in [-0.3, -0.25) is 4.79 Å². The Labute approximate surface area is 168 Å². The first-order valence-electron chi connectivity index (χ1n) is 8.74. The summed E-state index contributed by atoms with van der Waals surface area (Å²) in [6, 6.07) is 17.4. The number of hydrogen-bond donors (Lipinski definition) is 0. The van der Waals surface area contributed by atoms with Crippen molar-refractivity contribution in [2.75, 3.05) is 20.2 Å². The summed E-state index contributed by atoms with van der Waals surface area (Å²) in [5.41, 5.74) is 1.70. The summed E-state index contributed by atoms with van der Waals surface area (Å²) in [6.45, 7) is 1.15. The van der Waals surface area contributed by atoms with Crippen LogP contribution in [0.3, 0.4) is 0 Å². The van der Waals surface area contributed by atoms with E-state index in [1.54, 1.807) is 24.1 Å². The minimum Gasteiger partial charge on any atom is -0.494 e. The van der Waals surface area contributed by atoms with E-state index in [-0.39, 0.29) is 5.91 Å². The molecule has 1 heterocycles. The maximum Gasteiger partial charge on any atom is 0.273 e. The van der Waals surface area contributed by atoms with E-state index in [0.29, 0.717) is 23.9 Å². The number of hydrogen-bond acceptors (Lipinski definition) is 4. The van der Waals surface area contributed by atoms with Gasteiger partial charge >= 0.3 is 0 Å². The van der Waals surface area contributed by atoms with Crippen molar-refractivity contribution in [2.45, 2.75) is 12.8 Å². The third-order valence-electron chi connectivity index (χ3n) is 4.04. The second-order valence-electron chi connectivity index (χ2n) is 6.17. The third kappa shape index (κ3) is 5.81. The predicted octanol–water partition coefficient (Wildman–Crippen LogP) is 4.93. The van der Waals surface area contributed by atoms with Gasteiger partial charge in [-0.2, -0.15) is 0 Å². The Morgan fingerprint density at radius 2 is 1.89 bits per heavy atom. The predicted molar refractivity (Wildman–Crippen MR) is 110 cm³/mol. The molecule has 27 heavy (non-hydrogen) atoms. The molecule has 1 aromatic heterocycles. The first-order valence-corrected chi connectivity index (χ1v) is 10.00. The van der Waals surface area contributed by atoms with E-state index in [9.17, 15) is 4.79 Å². The largest absolute Gasteiger partial charge is 0.494 e. The van der Waals surface area contributed by atoms with Crippen LogP contribution in [0.1, 0.15) is 27.5 Å². The van der Waals surface area contributed by atoms with Gasteiger partial charge in [-0.15, -0.1) is 11.3 Å². The van der Waals surface area contributed by atoms with Crippen LogP contribution in [0.2, 0.25) is 5.02 Å². The van der Waals surface area contributed by atoms with Crippen LogP contribution in [0.4, 0.5) is 0 Å². The van der Waals surface area contributed by atoms with Crippen molar-refractivity contribution in [2.24, 2.45) is 0 Å². The number of ether oxygens (including phenoxy) is 1. The van der Waals surface area contributed by atoms with Crippen molar-refractivity contribution >= 4 is 28.8 Å². The number of thiazole rings is 1. The monoisotopic (exact) mass is 400 g/mol. The van der Waals surface area contributed by atoms with E-state index >= 15 is 0 Å². The lowest BCUT2D eigenvalue weighted by atomic mass is 10.2. The molecule has 0 spiro atoms. The van der Waals surface area contributed by atoms with Crippen LogP contribution in [0, 0.1) is 0 Å². The molecule has 140 valence electrons. The van der Waals surface area contributed by atoms with Gasteiger partial charge in [-0.05, 0) is 36.2 Å². The minimum atomic E-state index is -0.0583. The highest BCUT2D eigenvalue weighted by molar-refractivity contribution is 7.09. The average molecular weight is 401 g/mol. The van der Waals surface area contributed by atoms with Gasteiger partial charge in [-0.1, -0.05) is 41.9 Å². The third-order valence-corrected chi connectivity index (χ3v) is 5.14. The summed E-state index contributed by atoms with van der Waals surface area (Å²) >= 11 is 7.37. The molecule has 1 amide bonds. The van der Waals surface area contributed by atoms with Gasteiger partial charge in [0.2, 0.25) is 0 Å². The molecule has 2 aromatic carbocycles. The van der Waals surface area contributed by atoms with E-state index < -0.39 is 0 Å². The zero-order valence-corrected chi connectivity index (χ0v) is 16.7. The number of aromatic nitrogens is 1. The van der Waals surface area contributed by atoms with E-state index in [0.717, 1.165) is 23.6 Å². The summed E-state index contributed by atoms with van der Waals surface area (Å²) in [7, 11) is 1.79. The highest BCUT2D eigenvalue weighted by atomic mass is 35.5. The molecule has 0 aliphatic rings. The molecule has 6 heteroatoms. The van der Waals surface area contributed by atoms with Crippen LogP contribution in [-0.2, 0) is 6.42 Å². The summed E-state index contributed by atoms with van der Waals surface area (Å²) in [5, 5.41) is 3.47. The Bertz CT molecular complexity index is 865. The Morgan fingerprint density at radius 3 is 2.63 bits per heavy atom. The molecular weight excluding hydrogens is 380 g/mol. The molecule has 0 radical (unpaired) electrons. The van der Waals surface area contributed by atoms with E-state index in [1.165, 1.54) is 16.9 Å². The van der Waals surface area contributed by atoms with Gasteiger partial charge in [0.25, 0.3) is 5.91 Å². The number of halogens is 1. The normalized spacial score (nSPS) is 10.6. The van der Waals surface area contributed by atoms with Crippen molar-refractivity contribution in [3.63, 3.8) is 0 Å². The lowest BCUT2D eigenvalue weighted by Gasteiger charge is -2.16. The molecule has 0 saturated heterocycles. The summed E-state index contributed by atoms with van der Waals surface area (Å²) < 4.78 is 5.66. The molecule has 0 atom stereocenters. The van der Waals surface area contributed by atoms with Crippen LogP contribution in [0.5, 0.6) is 5.75 Å². The maximum absolute atomic E-state index is 12.5. The molecule has 0 bridgehead atoms. The van der Waals surface area contributed by atoms with Crippen molar-refractivity contribution in [3.05, 3.63) is 81.3 Å². The van der Waals surface area contributed by atoms with Crippen molar-refractivity contribution in [3.8, 4) is 5.75 Å². The Kier molecular flexibility index (Phi) is 6.85. The van der Waals surface area contributed by atoms with Gasteiger partial charge in [0, 0.05) is 30.4 Å². The van der Waals surface area contributed by atoms with Gasteiger partial charge in [0.15, 0.2) is 0 Å². The van der Waals surface area contributed by atoms with Gasteiger partial charge in [0.1, 0.15) is 11.4 Å². The Morgan fingerprint density at radius 1 is 1.15 bits per heavy atom. The number of amides is 1. The average Bonchev–Trinajstić information content (AvgIpc) is 3.15.